The van der Waals surface area contributed by atoms with Crippen molar-refractivity contribution >= 4 is 29.8 Å². The smallest absolute Gasteiger partial charge is 0.248 e. The van der Waals surface area contributed by atoms with Crippen LogP contribution in [0.4, 0.5) is 5.69 Å². The van der Waals surface area contributed by atoms with Crippen LogP contribution in [0, 0.1) is 0 Å². The van der Waals surface area contributed by atoms with Gasteiger partial charge in [0.2, 0.25) is 11.7 Å². The van der Waals surface area contributed by atoms with Crippen molar-refractivity contribution in [3.05, 3.63) is 77.4 Å². The van der Waals surface area contributed by atoms with Crippen LogP contribution >= 0.6 is 0 Å². The second-order valence-electron chi connectivity index (χ2n) is 6.95. The van der Waals surface area contributed by atoms with E-state index >= 15 is 0 Å². The second-order valence-corrected chi connectivity index (χ2v) is 6.95. The highest BCUT2D eigenvalue weighted by atomic mass is 16.5. The minimum Gasteiger partial charge on any atom is -0.507 e. The molecule has 0 spiro atoms. The van der Waals surface area contributed by atoms with E-state index in [-0.39, 0.29) is 17.2 Å². The Morgan fingerprint density at radius 1 is 0.788 bits per heavy atom. The van der Waals surface area contributed by atoms with Gasteiger partial charge in [0.05, 0.1) is 27.0 Å². The molecule has 3 aromatic rings. The Kier molecular flexibility index (Phi) is 7.60. The van der Waals surface area contributed by atoms with Gasteiger partial charge in [-0.15, -0.1) is 0 Å². The number of methoxy groups -OCH3 is 3. The van der Waals surface area contributed by atoms with E-state index < -0.39 is 5.91 Å². The predicted octanol–water partition coefficient (Wildman–Crippen LogP) is 4.95. The highest BCUT2D eigenvalue weighted by Crippen LogP contribution is 2.38. The fourth-order valence-corrected chi connectivity index (χ4v) is 3.12. The molecule has 0 aliphatic rings. The maximum atomic E-state index is 12.3. The molecule has 3 N–H and O–H groups in total. The molecule has 1 amide bonds. The molecule has 7 heteroatoms. The van der Waals surface area contributed by atoms with E-state index in [1.165, 1.54) is 24.3 Å². The number of phenolic OH excluding ortho intramolecular Hbond substituents is 2. The predicted molar refractivity (Wildman–Crippen MR) is 129 cm³/mol. The zero-order valence-electron chi connectivity index (χ0n) is 18.5. The summed E-state index contributed by atoms with van der Waals surface area (Å²) in [6.07, 6.45) is 6.46. The number of para-hydroxylation sites is 1. The lowest BCUT2D eigenvalue weighted by Gasteiger charge is -2.12. The highest BCUT2D eigenvalue weighted by Gasteiger charge is 2.12. The van der Waals surface area contributed by atoms with Gasteiger partial charge in [-0.2, -0.15) is 0 Å². The molecule has 0 saturated carbocycles. The molecule has 3 rings (SSSR count). The van der Waals surface area contributed by atoms with Crippen LogP contribution in [0.5, 0.6) is 28.7 Å². The molecule has 0 bridgehead atoms. The van der Waals surface area contributed by atoms with Crippen molar-refractivity contribution in [1.29, 1.82) is 0 Å². The molecule has 0 aliphatic heterocycles. The molecule has 0 saturated heterocycles. The number of carbonyl (C=O) groups is 1. The van der Waals surface area contributed by atoms with E-state index in [1.807, 2.05) is 24.3 Å². The van der Waals surface area contributed by atoms with Crippen molar-refractivity contribution in [1.82, 2.24) is 0 Å². The van der Waals surface area contributed by atoms with Gasteiger partial charge in [-0.05, 0) is 47.5 Å². The molecule has 0 aromatic heterocycles. The Labute approximate surface area is 192 Å². The minimum absolute atomic E-state index is 0.0655. The van der Waals surface area contributed by atoms with Gasteiger partial charge < -0.3 is 29.7 Å². The number of nitrogens with one attached hydrogen (secondary N) is 1. The fraction of sp³-hybridized carbons (Fsp3) is 0.115. The molecular weight excluding hydrogens is 422 g/mol. The Morgan fingerprint density at radius 3 is 2.09 bits per heavy atom. The monoisotopic (exact) mass is 447 g/mol. The molecular formula is C26H25NO6. The molecule has 0 heterocycles. The number of aromatic hydroxyl groups is 2. The maximum Gasteiger partial charge on any atom is 0.248 e. The molecule has 170 valence electrons. The summed E-state index contributed by atoms with van der Waals surface area (Å²) >= 11 is 0. The SMILES string of the molecule is COc1cc(C=Cc2ccc(O)c(NC(=O)/C=C/c3ccccc3O)c2)cc(OC)c1OC. The number of hydrogen-bond acceptors (Lipinski definition) is 6. The Bertz CT molecular complexity index is 1170. The first kappa shape index (κ1) is 23.3. The van der Waals surface area contributed by atoms with Crippen LogP contribution in [0.25, 0.3) is 18.2 Å². The lowest BCUT2D eigenvalue weighted by atomic mass is 10.1. The number of carbonyl (C=O) groups excluding carboxylic acids is 1. The normalized spacial score (nSPS) is 11.0. The highest BCUT2D eigenvalue weighted by molar-refractivity contribution is 6.03. The van der Waals surface area contributed by atoms with Crippen molar-refractivity contribution in [3.63, 3.8) is 0 Å². The third-order valence-electron chi connectivity index (χ3n) is 4.78. The summed E-state index contributed by atoms with van der Waals surface area (Å²) in [5.41, 5.74) is 2.34. The van der Waals surface area contributed by atoms with E-state index in [0.717, 1.165) is 11.1 Å². The Balaban J connectivity index is 1.78. The van der Waals surface area contributed by atoms with Crippen LogP contribution < -0.4 is 19.5 Å². The van der Waals surface area contributed by atoms with Crippen LogP contribution in [0.1, 0.15) is 16.7 Å². The van der Waals surface area contributed by atoms with Crippen molar-refractivity contribution in [3.8, 4) is 28.7 Å². The van der Waals surface area contributed by atoms with Crippen molar-refractivity contribution < 1.29 is 29.2 Å². The van der Waals surface area contributed by atoms with Crippen molar-refractivity contribution in [2.24, 2.45) is 0 Å². The number of amides is 1. The number of rotatable bonds is 8. The van der Waals surface area contributed by atoms with E-state index in [4.69, 9.17) is 14.2 Å². The summed E-state index contributed by atoms with van der Waals surface area (Å²) in [5.74, 6) is 1.13. The molecule has 3 aromatic carbocycles. The van der Waals surface area contributed by atoms with Crippen LogP contribution in [-0.2, 0) is 4.79 Å². The zero-order valence-corrected chi connectivity index (χ0v) is 18.5. The molecule has 0 radical (unpaired) electrons. The Morgan fingerprint density at radius 2 is 1.45 bits per heavy atom. The largest absolute Gasteiger partial charge is 0.507 e. The number of anilines is 1. The third kappa shape index (κ3) is 5.86. The lowest BCUT2D eigenvalue weighted by Crippen LogP contribution is -2.08. The van der Waals surface area contributed by atoms with Crippen LogP contribution in [0.3, 0.4) is 0 Å². The topological polar surface area (TPSA) is 97.3 Å². The summed E-state index contributed by atoms with van der Waals surface area (Å²) in [6, 6.07) is 15.2. The standard InChI is InChI=1S/C26H25NO6/c1-31-23-15-18(16-24(32-2)26(23)33-3)9-8-17-10-12-22(29)20(14-17)27-25(30)13-11-19-6-4-5-7-21(19)28/h4-16,28-29H,1-3H3,(H,27,30)/b9-8?,13-11+. The number of ether oxygens (including phenoxy) is 3. The van der Waals surface area contributed by atoms with Gasteiger partial charge in [-0.25, -0.2) is 0 Å². The van der Waals surface area contributed by atoms with Crippen LogP contribution in [0.2, 0.25) is 0 Å². The number of hydrogen-bond donors (Lipinski definition) is 3. The van der Waals surface area contributed by atoms with Crippen molar-refractivity contribution in [2.45, 2.75) is 0 Å². The molecule has 0 unspecified atom stereocenters. The summed E-state index contributed by atoms with van der Waals surface area (Å²) in [6.45, 7) is 0. The second kappa shape index (κ2) is 10.8. The maximum absolute atomic E-state index is 12.3. The van der Waals surface area contributed by atoms with Gasteiger partial charge >= 0.3 is 0 Å². The van der Waals surface area contributed by atoms with Gasteiger partial charge in [0, 0.05) is 11.6 Å². The third-order valence-corrected chi connectivity index (χ3v) is 4.78. The van der Waals surface area contributed by atoms with Crippen LogP contribution in [-0.4, -0.2) is 37.4 Å². The van der Waals surface area contributed by atoms with E-state index in [0.29, 0.717) is 22.8 Å². The quantitative estimate of drug-likeness (QED) is 0.257. The minimum atomic E-state index is -0.445. The van der Waals surface area contributed by atoms with Crippen molar-refractivity contribution in [2.75, 3.05) is 26.6 Å². The first-order valence-corrected chi connectivity index (χ1v) is 10.0. The summed E-state index contributed by atoms with van der Waals surface area (Å²) in [5, 5.41) is 22.6. The average Bonchev–Trinajstić information content (AvgIpc) is 2.83. The summed E-state index contributed by atoms with van der Waals surface area (Å²) in [7, 11) is 4.64. The van der Waals surface area contributed by atoms with Crippen LogP contribution in [0.15, 0.2) is 60.7 Å². The molecule has 0 fully saturated rings. The van der Waals surface area contributed by atoms with E-state index in [2.05, 4.69) is 5.32 Å². The van der Waals surface area contributed by atoms with Gasteiger partial charge in [-0.3, -0.25) is 4.79 Å². The summed E-state index contributed by atoms with van der Waals surface area (Å²) < 4.78 is 16.1. The average molecular weight is 447 g/mol. The van der Waals surface area contributed by atoms with Gasteiger partial charge in [0.25, 0.3) is 0 Å². The molecule has 0 aliphatic carbocycles. The zero-order chi connectivity index (χ0) is 23.8. The Hall–Kier alpha value is -4.39. The first-order valence-electron chi connectivity index (χ1n) is 10.0. The van der Waals surface area contributed by atoms with Gasteiger partial charge in [0.15, 0.2) is 11.5 Å². The van der Waals surface area contributed by atoms with Gasteiger partial charge in [0.1, 0.15) is 11.5 Å². The first-order chi connectivity index (χ1) is 15.9. The van der Waals surface area contributed by atoms with E-state index in [1.54, 1.807) is 51.7 Å². The summed E-state index contributed by atoms with van der Waals surface area (Å²) in [4.78, 5) is 12.3. The lowest BCUT2D eigenvalue weighted by molar-refractivity contribution is -0.111. The van der Waals surface area contributed by atoms with Gasteiger partial charge in [-0.1, -0.05) is 36.4 Å². The number of benzene rings is 3. The fourth-order valence-electron chi connectivity index (χ4n) is 3.12. The molecule has 0 atom stereocenters. The molecule has 7 nitrogen and oxygen atoms in total. The number of phenols is 2. The molecule has 33 heavy (non-hydrogen) atoms. The van der Waals surface area contributed by atoms with E-state index in [9.17, 15) is 15.0 Å².